The molecule has 8 heteroatoms. The average molecular weight is 350 g/mol. The first-order valence-corrected chi connectivity index (χ1v) is 7.07. The van der Waals surface area contributed by atoms with E-state index in [1.165, 1.54) is 11.0 Å². The summed E-state index contributed by atoms with van der Waals surface area (Å²) in [6.07, 6.45) is 0. The second-order valence-electron chi connectivity index (χ2n) is 4.96. The molecule has 1 aromatic carbocycles. The Labute approximate surface area is 140 Å². The van der Waals surface area contributed by atoms with E-state index >= 15 is 0 Å². The molecule has 5 nitrogen and oxygen atoms in total. The molecule has 0 aliphatic heterocycles. The molecule has 0 fully saturated rings. The number of carbonyl (C=O) groups excluding carboxylic acids is 2. The predicted octanol–water partition coefficient (Wildman–Crippen LogP) is 2.03. The minimum Gasteiger partial charge on any atom is -0.333 e. The van der Waals surface area contributed by atoms with Gasteiger partial charge in [0.2, 0.25) is 11.8 Å². The average Bonchev–Trinajstić information content (AvgIpc) is 2.48. The summed E-state index contributed by atoms with van der Waals surface area (Å²) in [5, 5.41) is 5.06. The minimum absolute atomic E-state index is 0. The van der Waals surface area contributed by atoms with Crippen molar-refractivity contribution in [1.82, 2.24) is 10.2 Å². The molecule has 1 atom stereocenters. The third kappa shape index (κ3) is 6.11. The topological polar surface area (TPSA) is 61.4 Å². The van der Waals surface area contributed by atoms with Crippen LogP contribution in [-0.4, -0.2) is 43.4 Å². The van der Waals surface area contributed by atoms with Crippen LogP contribution >= 0.6 is 12.4 Å². The number of nitrogens with zero attached hydrogens (tertiary/aromatic N) is 1. The summed E-state index contributed by atoms with van der Waals surface area (Å²) >= 11 is 0. The van der Waals surface area contributed by atoms with Crippen LogP contribution in [0.4, 0.5) is 14.5 Å². The number of para-hydroxylation sites is 1. The molecular formula is C15H22ClF2N3O2. The van der Waals surface area contributed by atoms with Gasteiger partial charge in [-0.15, -0.1) is 12.4 Å². The van der Waals surface area contributed by atoms with Gasteiger partial charge in [-0.25, -0.2) is 8.78 Å². The molecule has 23 heavy (non-hydrogen) atoms. The Morgan fingerprint density at radius 3 is 2.30 bits per heavy atom. The second kappa shape index (κ2) is 10.1. The van der Waals surface area contributed by atoms with Crippen LogP contribution in [0.2, 0.25) is 0 Å². The van der Waals surface area contributed by atoms with E-state index in [2.05, 4.69) is 10.6 Å². The highest BCUT2D eigenvalue weighted by atomic mass is 35.5. The molecule has 1 unspecified atom stereocenters. The maximum Gasteiger partial charge on any atom is 0.244 e. The number of rotatable bonds is 7. The molecule has 2 amide bonds. The number of anilines is 1. The number of hydrogen-bond donors (Lipinski definition) is 2. The van der Waals surface area contributed by atoms with Crippen LogP contribution < -0.4 is 10.6 Å². The van der Waals surface area contributed by atoms with Crippen molar-refractivity contribution in [2.24, 2.45) is 5.92 Å². The Morgan fingerprint density at radius 2 is 1.83 bits per heavy atom. The molecule has 0 heterocycles. The Morgan fingerprint density at radius 1 is 1.26 bits per heavy atom. The third-order valence-electron chi connectivity index (χ3n) is 3.19. The number of nitrogens with one attached hydrogen (secondary N) is 2. The van der Waals surface area contributed by atoms with E-state index in [1.54, 1.807) is 20.9 Å². The molecule has 1 rings (SSSR count). The second-order valence-corrected chi connectivity index (χ2v) is 4.96. The quantitative estimate of drug-likeness (QED) is 0.791. The van der Waals surface area contributed by atoms with E-state index in [-0.39, 0.29) is 30.8 Å². The van der Waals surface area contributed by atoms with E-state index in [4.69, 9.17) is 0 Å². The number of amides is 2. The fourth-order valence-electron chi connectivity index (χ4n) is 2.02. The highest BCUT2D eigenvalue weighted by Gasteiger charge is 2.21. The van der Waals surface area contributed by atoms with Crippen molar-refractivity contribution in [3.05, 3.63) is 29.8 Å². The fraction of sp³-hybridized carbons (Fsp3) is 0.467. The van der Waals surface area contributed by atoms with Gasteiger partial charge in [0.05, 0.1) is 6.54 Å². The first kappa shape index (κ1) is 21.3. The molecule has 0 aliphatic rings. The molecule has 0 aliphatic carbocycles. The van der Waals surface area contributed by atoms with Gasteiger partial charge in [-0.2, -0.15) is 0 Å². The standard InChI is InChI=1S/C15H21F2N3O2.ClH/c1-4-20(15(22)10(2)8-18-3)9-13(21)19-14-11(16)6-5-7-12(14)17;/h5-7,10,18H,4,8-9H2,1-3H3,(H,19,21);1H. The lowest BCUT2D eigenvalue weighted by atomic mass is 10.1. The van der Waals surface area contributed by atoms with Crippen LogP contribution in [0.1, 0.15) is 13.8 Å². The lowest BCUT2D eigenvalue weighted by Crippen LogP contribution is -2.42. The third-order valence-corrected chi connectivity index (χ3v) is 3.19. The molecule has 0 saturated carbocycles. The summed E-state index contributed by atoms with van der Waals surface area (Å²) in [5.74, 6) is -2.84. The van der Waals surface area contributed by atoms with Crippen molar-refractivity contribution >= 4 is 29.9 Å². The number of carbonyl (C=O) groups is 2. The molecule has 2 N–H and O–H groups in total. The van der Waals surface area contributed by atoms with Crippen LogP contribution in [-0.2, 0) is 9.59 Å². The monoisotopic (exact) mass is 349 g/mol. The van der Waals surface area contributed by atoms with E-state index in [9.17, 15) is 18.4 Å². The Bertz CT molecular complexity index is 523. The molecule has 0 saturated heterocycles. The fourth-order valence-corrected chi connectivity index (χ4v) is 2.02. The first-order valence-electron chi connectivity index (χ1n) is 7.07. The summed E-state index contributed by atoms with van der Waals surface area (Å²) in [6.45, 7) is 4.05. The zero-order chi connectivity index (χ0) is 16.7. The zero-order valence-electron chi connectivity index (χ0n) is 13.4. The molecule has 0 bridgehead atoms. The normalized spacial score (nSPS) is 11.3. The highest BCUT2D eigenvalue weighted by molar-refractivity contribution is 5.95. The van der Waals surface area contributed by atoms with Gasteiger partial charge in [0.15, 0.2) is 0 Å². The molecule has 130 valence electrons. The highest BCUT2D eigenvalue weighted by Crippen LogP contribution is 2.17. The summed E-state index contributed by atoms with van der Waals surface area (Å²) in [5.41, 5.74) is -0.501. The van der Waals surface area contributed by atoms with Crippen LogP contribution in [0.3, 0.4) is 0 Å². The number of hydrogen-bond acceptors (Lipinski definition) is 3. The Balaban J connectivity index is 0.00000484. The van der Waals surface area contributed by atoms with Crippen LogP contribution in [0.15, 0.2) is 18.2 Å². The van der Waals surface area contributed by atoms with Crippen molar-refractivity contribution in [3.63, 3.8) is 0 Å². The van der Waals surface area contributed by atoms with E-state index < -0.39 is 23.2 Å². The Kier molecular flexibility index (Phi) is 9.36. The number of halogens is 3. The summed E-state index contributed by atoms with van der Waals surface area (Å²) in [6, 6.07) is 3.31. The lowest BCUT2D eigenvalue weighted by molar-refractivity contribution is -0.137. The van der Waals surface area contributed by atoms with Gasteiger partial charge in [0.1, 0.15) is 17.3 Å². The van der Waals surface area contributed by atoms with Crippen molar-refractivity contribution < 1.29 is 18.4 Å². The predicted molar refractivity (Wildman–Crippen MR) is 87.6 cm³/mol. The molecule has 0 spiro atoms. The SMILES string of the molecule is CCN(CC(=O)Nc1c(F)cccc1F)C(=O)C(C)CNC.Cl. The summed E-state index contributed by atoms with van der Waals surface area (Å²) < 4.78 is 26.9. The van der Waals surface area contributed by atoms with Crippen LogP contribution in [0.25, 0.3) is 0 Å². The van der Waals surface area contributed by atoms with Gasteiger partial charge in [0.25, 0.3) is 0 Å². The smallest absolute Gasteiger partial charge is 0.244 e. The summed E-state index contributed by atoms with van der Waals surface area (Å²) in [4.78, 5) is 25.4. The molecule has 0 radical (unpaired) electrons. The number of likely N-dealkylation sites (N-methyl/N-ethyl adjacent to an activating group) is 1. The van der Waals surface area contributed by atoms with Crippen LogP contribution in [0.5, 0.6) is 0 Å². The van der Waals surface area contributed by atoms with Gasteiger partial charge in [-0.3, -0.25) is 9.59 Å². The van der Waals surface area contributed by atoms with E-state index in [1.807, 2.05) is 0 Å². The van der Waals surface area contributed by atoms with Gasteiger partial charge >= 0.3 is 0 Å². The molecular weight excluding hydrogens is 328 g/mol. The largest absolute Gasteiger partial charge is 0.333 e. The van der Waals surface area contributed by atoms with Gasteiger partial charge in [-0.1, -0.05) is 13.0 Å². The minimum atomic E-state index is -0.855. The van der Waals surface area contributed by atoms with Gasteiger partial charge < -0.3 is 15.5 Å². The van der Waals surface area contributed by atoms with E-state index in [0.29, 0.717) is 13.1 Å². The Hall–Kier alpha value is -1.73. The van der Waals surface area contributed by atoms with Crippen molar-refractivity contribution in [2.75, 3.05) is 32.0 Å². The van der Waals surface area contributed by atoms with Crippen molar-refractivity contribution in [1.29, 1.82) is 0 Å². The molecule has 1 aromatic rings. The van der Waals surface area contributed by atoms with Crippen LogP contribution in [0, 0.1) is 17.6 Å². The maximum absolute atomic E-state index is 13.5. The van der Waals surface area contributed by atoms with Crippen molar-refractivity contribution in [2.45, 2.75) is 13.8 Å². The van der Waals surface area contributed by atoms with Gasteiger partial charge in [0, 0.05) is 19.0 Å². The first-order chi connectivity index (χ1) is 10.4. The number of benzene rings is 1. The maximum atomic E-state index is 13.5. The van der Waals surface area contributed by atoms with E-state index in [0.717, 1.165) is 12.1 Å². The molecule has 0 aromatic heterocycles. The summed E-state index contributed by atoms with van der Waals surface area (Å²) in [7, 11) is 1.73. The van der Waals surface area contributed by atoms with Gasteiger partial charge in [-0.05, 0) is 26.1 Å². The zero-order valence-corrected chi connectivity index (χ0v) is 14.2. The lowest BCUT2D eigenvalue weighted by Gasteiger charge is -2.24. The van der Waals surface area contributed by atoms with Crippen molar-refractivity contribution in [3.8, 4) is 0 Å².